The Kier molecular flexibility index (Phi) is 7.07. The summed E-state index contributed by atoms with van der Waals surface area (Å²) in [6.45, 7) is 0.0448. The van der Waals surface area contributed by atoms with Crippen LogP contribution in [0.5, 0.6) is 0 Å². The van der Waals surface area contributed by atoms with Gasteiger partial charge in [-0.15, -0.1) is 0 Å². The number of hydrogen-bond acceptors (Lipinski definition) is 4. The molecule has 3 aromatic rings. The molecule has 0 fully saturated rings. The van der Waals surface area contributed by atoms with Crippen molar-refractivity contribution in [3.8, 4) is 11.4 Å². The number of hydrogen-bond donors (Lipinski definition) is 1. The minimum absolute atomic E-state index is 0.0198. The van der Waals surface area contributed by atoms with Crippen molar-refractivity contribution in [1.29, 1.82) is 0 Å². The van der Waals surface area contributed by atoms with Crippen LogP contribution < -0.4 is 4.90 Å². The predicted octanol–water partition coefficient (Wildman–Crippen LogP) is 4.95. The summed E-state index contributed by atoms with van der Waals surface area (Å²) in [6, 6.07) is 14.2. The molecule has 1 aromatic heterocycles. The number of benzene rings is 2. The maximum Gasteiger partial charge on any atom is 0.417 e. The Morgan fingerprint density at radius 3 is 2.43 bits per heavy atom. The molecule has 0 spiro atoms. The molecule has 1 amide bonds. The minimum atomic E-state index is -4.63. The molecule has 2 heterocycles. The maximum atomic E-state index is 13.9. The smallest absolute Gasteiger partial charge is 0.396 e. The van der Waals surface area contributed by atoms with Gasteiger partial charge in [-0.05, 0) is 30.9 Å². The summed E-state index contributed by atoms with van der Waals surface area (Å²) in [6.07, 6.45) is -3.44. The quantitative estimate of drug-likeness (QED) is 0.536. The zero-order chi connectivity index (χ0) is 25.2. The number of ketones is 1. The van der Waals surface area contributed by atoms with Gasteiger partial charge in [0.2, 0.25) is 5.91 Å². The van der Waals surface area contributed by atoms with Crippen LogP contribution in [0.3, 0.4) is 0 Å². The molecule has 1 aliphatic heterocycles. The van der Waals surface area contributed by atoms with E-state index in [9.17, 15) is 27.9 Å². The number of amides is 1. The number of fused-ring (bicyclic) bond motifs is 1. The molecule has 1 atom stereocenters. The lowest BCUT2D eigenvalue weighted by Gasteiger charge is -2.25. The van der Waals surface area contributed by atoms with Gasteiger partial charge >= 0.3 is 6.18 Å². The number of carbonyl (C=O) groups is 2. The number of aromatic nitrogens is 2. The third kappa shape index (κ3) is 5.00. The van der Waals surface area contributed by atoms with E-state index in [1.54, 1.807) is 0 Å². The average molecular weight is 486 g/mol. The first-order chi connectivity index (χ1) is 16.7. The van der Waals surface area contributed by atoms with Crippen LogP contribution in [0.1, 0.15) is 47.3 Å². The van der Waals surface area contributed by atoms with Crippen LogP contribution in [0.2, 0.25) is 0 Å². The van der Waals surface area contributed by atoms with Crippen LogP contribution in [0.25, 0.3) is 11.4 Å². The van der Waals surface area contributed by atoms with Gasteiger partial charge in [0.05, 0.1) is 5.56 Å². The highest BCUT2D eigenvalue weighted by Crippen LogP contribution is 2.39. The molecule has 1 aliphatic rings. The van der Waals surface area contributed by atoms with Gasteiger partial charge < -0.3 is 9.67 Å². The van der Waals surface area contributed by atoms with Crippen molar-refractivity contribution >= 4 is 17.5 Å². The Hall–Kier alpha value is -3.46. The van der Waals surface area contributed by atoms with Gasteiger partial charge in [0.25, 0.3) is 0 Å². The first-order valence-corrected chi connectivity index (χ1v) is 11.4. The van der Waals surface area contributed by atoms with Gasteiger partial charge in [0.1, 0.15) is 11.5 Å². The number of alkyl halides is 3. The van der Waals surface area contributed by atoms with Crippen LogP contribution >= 0.6 is 0 Å². The summed E-state index contributed by atoms with van der Waals surface area (Å²) in [5.41, 5.74) is -0.122. The summed E-state index contributed by atoms with van der Waals surface area (Å²) < 4.78 is 43.2. The van der Waals surface area contributed by atoms with E-state index in [0.29, 0.717) is 19.3 Å². The Morgan fingerprint density at radius 1 is 1.06 bits per heavy atom. The van der Waals surface area contributed by atoms with E-state index in [2.05, 4.69) is 4.98 Å². The number of aliphatic hydroxyl groups is 1. The monoisotopic (exact) mass is 485 g/mol. The first kappa shape index (κ1) is 24.7. The van der Waals surface area contributed by atoms with E-state index in [4.69, 9.17) is 0 Å². The number of rotatable bonds is 6. The lowest BCUT2D eigenvalue weighted by atomic mass is 9.92. The molecule has 0 radical (unpaired) electrons. The lowest BCUT2D eigenvalue weighted by Crippen LogP contribution is -2.36. The van der Waals surface area contributed by atoms with Gasteiger partial charge in [0.15, 0.2) is 11.6 Å². The second-order valence-electron chi connectivity index (χ2n) is 8.64. The highest BCUT2D eigenvalue weighted by molar-refractivity contribution is 6.06. The first-order valence-electron chi connectivity index (χ1n) is 11.4. The number of nitrogens with zero attached hydrogens (tertiary/aromatic N) is 3. The second kappa shape index (κ2) is 10.0. The van der Waals surface area contributed by atoms with Crippen LogP contribution in [-0.4, -0.2) is 40.0 Å². The highest BCUT2D eigenvalue weighted by Gasteiger charge is 2.38. The van der Waals surface area contributed by atoms with E-state index >= 15 is 0 Å². The van der Waals surface area contributed by atoms with Gasteiger partial charge in [-0.2, -0.15) is 13.2 Å². The molecule has 4 rings (SSSR count). The van der Waals surface area contributed by atoms with Crippen molar-refractivity contribution in [2.45, 2.75) is 38.4 Å². The largest absolute Gasteiger partial charge is 0.417 e. The van der Waals surface area contributed by atoms with Crippen LogP contribution in [0.15, 0.2) is 54.6 Å². The Bertz CT molecular complexity index is 1220. The molecule has 1 N–H and O–H groups in total. The Balaban J connectivity index is 1.92. The van der Waals surface area contributed by atoms with Gasteiger partial charge in [-0.3, -0.25) is 14.5 Å². The summed E-state index contributed by atoms with van der Waals surface area (Å²) in [7, 11) is 1.49. The normalized spacial score (nSPS) is 16.7. The lowest BCUT2D eigenvalue weighted by molar-refractivity contribution is -0.137. The van der Waals surface area contributed by atoms with Crippen LogP contribution in [0.4, 0.5) is 19.0 Å². The maximum absolute atomic E-state index is 13.9. The fraction of sp³-hybridized carbons (Fsp3) is 0.346. The molecule has 184 valence electrons. The van der Waals surface area contributed by atoms with Gasteiger partial charge in [-0.1, -0.05) is 48.5 Å². The summed E-state index contributed by atoms with van der Waals surface area (Å²) in [4.78, 5) is 32.4. The molecule has 0 saturated heterocycles. The zero-order valence-corrected chi connectivity index (χ0v) is 19.3. The van der Waals surface area contributed by atoms with Gasteiger partial charge in [0, 0.05) is 38.1 Å². The molecule has 6 nitrogen and oxygen atoms in total. The van der Waals surface area contributed by atoms with Crippen LogP contribution in [0, 0.1) is 5.92 Å². The molecule has 9 heteroatoms. The molecule has 35 heavy (non-hydrogen) atoms. The molecular weight excluding hydrogens is 459 g/mol. The fourth-order valence-electron chi connectivity index (χ4n) is 4.53. The minimum Gasteiger partial charge on any atom is -0.396 e. The topological polar surface area (TPSA) is 75.4 Å². The number of carbonyl (C=O) groups excluding carboxylic acids is 2. The van der Waals surface area contributed by atoms with Crippen molar-refractivity contribution in [2.75, 3.05) is 18.6 Å². The molecule has 1 unspecified atom stereocenters. The zero-order valence-electron chi connectivity index (χ0n) is 19.3. The number of halogens is 3. The van der Waals surface area contributed by atoms with E-state index in [0.717, 1.165) is 11.6 Å². The van der Waals surface area contributed by atoms with E-state index in [-0.39, 0.29) is 54.2 Å². The fourth-order valence-corrected chi connectivity index (χ4v) is 4.53. The predicted molar refractivity (Wildman–Crippen MR) is 125 cm³/mol. The van der Waals surface area contributed by atoms with Crippen molar-refractivity contribution in [2.24, 2.45) is 5.92 Å². The standard InChI is InChI=1S/C26H26F3N3O3/c1-31-24-22(21(34)14-13-18(25(31)35)10-7-15-33)32(16-17-8-3-2-4-9-17)23(30-24)19-11-5-6-12-20(19)26(27,28)29/h2-6,8-9,11-12,18,33H,7,10,13-16H2,1H3. The van der Waals surface area contributed by atoms with Gasteiger partial charge in [-0.25, -0.2) is 4.98 Å². The van der Waals surface area contributed by atoms with Crippen molar-refractivity contribution < 1.29 is 27.9 Å². The Labute approximate surface area is 201 Å². The van der Waals surface area contributed by atoms with E-state index < -0.39 is 17.7 Å². The summed E-state index contributed by atoms with van der Waals surface area (Å²) >= 11 is 0. The number of imidazole rings is 1. The summed E-state index contributed by atoms with van der Waals surface area (Å²) in [5.74, 6) is -1.00. The van der Waals surface area contributed by atoms with E-state index in [1.165, 1.54) is 34.7 Å². The molecule has 0 saturated carbocycles. The molecular formula is C26H26F3N3O3. The second-order valence-corrected chi connectivity index (χ2v) is 8.64. The van der Waals surface area contributed by atoms with Crippen molar-refractivity contribution in [3.63, 3.8) is 0 Å². The van der Waals surface area contributed by atoms with E-state index in [1.807, 2.05) is 30.3 Å². The number of anilines is 1. The number of Topliss-reactive ketones (excluding diaryl/α,β-unsaturated/α-hetero) is 1. The third-order valence-corrected chi connectivity index (χ3v) is 6.30. The molecule has 0 bridgehead atoms. The highest BCUT2D eigenvalue weighted by atomic mass is 19.4. The SMILES string of the molecule is CN1C(=O)C(CCCO)CCC(=O)c2c1nc(-c1ccccc1C(F)(F)F)n2Cc1ccccc1. The number of aliphatic hydroxyl groups excluding tert-OH is 1. The van der Waals surface area contributed by atoms with Crippen molar-refractivity contribution in [3.05, 3.63) is 71.4 Å². The van der Waals surface area contributed by atoms with Crippen molar-refractivity contribution in [1.82, 2.24) is 9.55 Å². The van der Waals surface area contributed by atoms with Crippen LogP contribution in [-0.2, 0) is 17.5 Å². The third-order valence-electron chi connectivity index (χ3n) is 6.30. The average Bonchev–Trinajstić information content (AvgIpc) is 3.21. The molecule has 2 aromatic carbocycles. The summed E-state index contributed by atoms with van der Waals surface area (Å²) in [5, 5.41) is 9.18. The molecule has 0 aliphatic carbocycles. The Morgan fingerprint density at radius 2 is 1.74 bits per heavy atom.